The van der Waals surface area contributed by atoms with Crippen molar-refractivity contribution in [2.45, 2.75) is 20.4 Å². The van der Waals surface area contributed by atoms with E-state index >= 15 is 0 Å². The molecule has 0 aliphatic carbocycles. The van der Waals surface area contributed by atoms with Crippen molar-refractivity contribution in [2.24, 2.45) is 0 Å². The molecule has 3 heteroatoms. The summed E-state index contributed by atoms with van der Waals surface area (Å²) in [5.74, 6) is 0.825. The highest BCUT2D eigenvalue weighted by molar-refractivity contribution is 5.95. The largest absolute Gasteiger partial charge is 0.356 e. The summed E-state index contributed by atoms with van der Waals surface area (Å²) in [6.07, 6.45) is 3.81. The van der Waals surface area contributed by atoms with Gasteiger partial charge in [-0.15, -0.1) is 0 Å². The van der Waals surface area contributed by atoms with E-state index in [1.54, 1.807) is 6.20 Å². The first-order chi connectivity index (χ1) is 8.29. The Labute approximate surface area is 99.6 Å². The van der Waals surface area contributed by atoms with E-state index in [1.165, 1.54) is 16.5 Å². The lowest BCUT2D eigenvalue weighted by molar-refractivity contribution is 0.432. The summed E-state index contributed by atoms with van der Waals surface area (Å²) in [4.78, 5) is 0. The Bertz CT molecular complexity index is 650. The van der Waals surface area contributed by atoms with Gasteiger partial charge in [-0.1, -0.05) is 17.3 Å². The second-order valence-electron chi connectivity index (χ2n) is 4.23. The van der Waals surface area contributed by atoms with Crippen molar-refractivity contribution >= 4 is 10.9 Å². The van der Waals surface area contributed by atoms with E-state index in [4.69, 9.17) is 4.52 Å². The highest BCUT2D eigenvalue weighted by atomic mass is 16.5. The van der Waals surface area contributed by atoms with Gasteiger partial charge in [-0.05, 0) is 25.5 Å². The van der Waals surface area contributed by atoms with Gasteiger partial charge in [0, 0.05) is 35.3 Å². The standard InChI is InChI=1S/C14H14N2O/c1-3-16-9-12(14-6-7-15-17-14)11-5-4-10(2)8-13(11)16/h4-9H,3H2,1-2H3. The van der Waals surface area contributed by atoms with Gasteiger partial charge in [0.05, 0.1) is 6.20 Å². The molecule has 0 bridgehead atoms. The summed E-state index contributed by atoms with van der Waals surface area (Å²) in [5.41, 5.74) is 3.63. The van der Waals surface area contributed by atoms with Gasteiger partial charge in [0.25, 0.3) is 0 Å². The van der Waals surface area contributed by atoms with Crippen molar-refractivity contribution in [1.82, 2.24) is 9.72 Å². The van der Waals surface area contributed by atoms with Gasteiger partial charge in [0.15, 0.2) is 5.76 Å². The summed E-state index contributed by atoms with van der Waals surface area (Å²) >= 11 is 0. The SMILES string of the molecule is CCn1cc(-c2ccno2)c2ccc(C)cc21. The van der Waals surface area contributed by atoms with Gasteiger partial charge < -0.3 is 9.09 Å². The Kier molecular flexibility index (Phi) is 2.25. The zero-order valence-electron chi connectivity index (χ0n) is 9.97. The summed E-state index contributed by atoms with van der Waals surface area (Å²) in [7, 11) is 0. The minimum absolute atomic E-state index is 0.825. The molecule has 0 spiro atoms. The quantitative estimate of drug-likeness (QED) is 0.668. The van der Waals surface area contributed by atoms with E-state index in [1.807, 2.05) is 6.07 Å². The number of aryl methyl sites for hydroxylation is 2. The highest BCUT2D eigenvalue weighted by Crippen LogP contribution is 2.30. The Hall–Kier alpha value is -2.03. The molecule has 86 valence electrons. The zero-order valence-corrected chi connectivity index (χ0v) is 9.97. The maximum atomic E-state index is 5.25. The molecular weight excluding hydrogens is 212 g/mol. The lowest BCUT2D eigenvalue weighted by Crippen LogP contribution is -1.90. The third-order valence-electron chi connectivity index (χ3n) is 3.08. The normalized spacial score (nSPS) is 11.2. The topological polar surface area (TPSA) is 31.0 Å². The molecule has 0 N–H and O–H groups in total. The number of hydrogen-bond acceptors (Lipinski definition) is 2. The van der Waals surface area contributed by atoms with Crippen LogP contribution in [0.2, 0.25) is 0 Å². The van der Waals surface area contributed by atoms with Crippen LogP contribution >= 0.6 is 0 Å². The fraction of sp³-hybridized carbons (Fsp3) is 0.214. The van der Waals surface area contributed by atoms with E-state index < -0.39 is 0 Å². The van der Waals surface area contributed by atoms with Crippen LogP contribution in [0.15, 0.2) is 41.2 Å². The summed E-state index contributed by atoms with van der Waals surface area (Å²) in [6, 6.07) is 8.38. The van der Waals surface area contributed by atoms with Crippen molar-refractivity contribution in [2.75, 3.05) is 0 Å². The molecule has 2 heterocycles. The number of hydrogen-bond donors (Lipinski definition) is 0. The van der Waals surface area contributed by atoms with Crippen molar-refractivity contribution < 1.29 is 4.52 Å². The molecule has 0 aliphatic heterocycles. The molecule has 17 heavy (non-hydrogen) atoms. The van der Waals surface area contributed by atoms with Crippen LogP contribution in [0.1, 0.15) is 12.5 Å². The van der Waals surface area contributed by atoms with Gasteiger partial charge in [0.2, 0.25) is 0 Å². The lowest BCUT2D eigenvalue weighted by atomic mass is 10.1. The molecule has 0 unspecified atom stereocenters. The Balaban J connectivity index is 2.33. The van der Waals surface area contributed by atoms with Crippen molar-refractivity contribution in [3.05, 3.63) is 42.2 Å². The molecule has 0 aliphatic rings. The molecule has 0 saturated heterocycles. The third kappa shape index (κ3) is 1.55. The fourth-order valence-electron chi connectivity index (χ4n) is 2.21. The predicted octanol–water partition coefficient (Wildman–Crippen LogP) is 3.62. The minimum atomic E-state index is 0.825. The van der Waals surface area contributed by atoms with Crippen LogP contribution in [-0.2, 0) is 6.54 Å². The van der Waals surface area contributed by atoms with Crippen LogP contribution in [0.5, 0.6) is 0 Å². The monoisotopic (exact) mass is 226 g/mol. The summed E-state index contributed by atoms with van der Waals surface area (Å²) < 4.78 is 7.49. The van der Waals surface area contributed by atoms with Crippen LogP contribution < -0.4 is 0 Å². The lowest BCUT2D eigenvalue weighted by Gasteiger charge is -2.00. The number of fused-ring (bicyclic) bond motifs is 1. The van der Waals surface area contributed by atoms with Gasteiger partial charge in [-0.2, -0.15) is 0 Å². The van der Waals surface area contributed by atoms with Crippen molar-refractivity contribution in [1.29, 1.82) is 0 Å². The maximum absolute atomic E-state index is 5.25. The molecular formula is C14H14N2O. The van der Waals surface area contributed by atoms with E-state index in [2.05, 4.69) is 48.0 Å². The molecule has 0 fully saturated rings. The second kappa shape index (κ2) is 3.77. The summed E-state index contributed by atoms with van der Waals surface area (Å²) in [5, 5.41) is 4.99. The van der Waals surface area contributed by atoms with Crippen LogP contribution in [0.3, 0.4) is 0 Å². The average molecular weight is 226 g/mol. The van der Waals surface area contributed by atoms with Gasteiger partial charge in [-0.3, -0.25) is 0 Å². The number of rotatable bonds is 2. The molecule has 0 amide bonds. The smallest absolute Gasteiger partial charge is 0.168 e. The Morgan fingerprint density at radius 3 is 2.88 bits per heavy atom. The second-order valence-corrected chi connectivity index (χ2v) is 4.23. The zero-order chi connectivity index (χ0) is 11.8. The van der Waals surface area contributed by atoms with Crippen molar-refractivity contribution in [3.8, 4) is 11.3 Å². The van der Waals surface area contributed by atoms with E-state index in [0.29, 0.717) is 0 Å². The summed E-state index contributed by atoms with van der Waals surface area (Å²) in [6.45, 7) is 5.21. The Morgan fingerprint density at radius 2 is 2.18 bits per heavy atom. The van der Waals surface area contributed by atoms with Crippen LogP contribution in [0.25, 0.3) is 22.2 Å². The highest BCUT2D eigenvalue weighted by Gasteiger charge is 2.11. The average Bonchev–Trinajstić information content (AvgIpc) is 2.94. The van der Waals surface area contributed by atoms with E-state index in [0.717, 1.165) is 17.9 Å². The van der Waals surface area contributed by atoms with Crippen molar-refractivity contribution in [3.63, 3.8) is 0 Å². The number of benzene rings is 1. The van der Waals surface area contributed by atoms with E-state index in [9.17, 15) is 0 Å². The first-order valence-corrected chi connectivity index (χ1v) is 5.80. The van der Waals surface area contributed by atoms with Gasteiger partial charge in [0.1, 0.15) is 0 Å². The van der Waals surface area contributed by atoms with E-state index in [-0.39, 0.29) is 0 Å². The third-order valence-corrected chi connectivity index (χ3v) is 3.08. The molecule has 3 nitrogen and oxygen atoms in total. The molecule has 1 aromatic carbocycles. The van der Waals surface area contributed by atoms with Gasteiger partial charge >= 0.3 is 0 Å². The van der Waals surface area contributed by atoms with Gasteiger partial charge in [-0.25, -0.2) is 0 Å². The first-order valence-electron chi connectivity index (χ1n) is 5.80. The molecule has 3 rings (SSSR count). The van der Waals surface area contributed by atoms with Crippen LogP contribution in [-0.4, -0.2) is 9.72 Å². The first kappa shape index (κ1) is 10.1. The Morgan fingerprint density at radius 1 is 1.29 bits per heavy atom. The van der Waals surface area contributed by atoms with Crippen LogP contribution in [0.4, 0.5) is 0 Å². The maximum Gasteiger partial charge on any atom is 0.168 e. The predicted molar refractivity (Wildman–Crippen MR) is 67.8 cm³/mol. The fourth-order valence-corrected chi connectivity index (χ4v) is 2.21. The number of aromatic nitrogens is 2. The molecule has 3 aromatic rings. The molecule has 2 aromatic heterocycles. The van der Waals surface area contributed by atoms with Crippen LogP contribution in [0, 0.1) is 6.92 Å². The minimum Gasteiger partial charge on any atom is -0.356 e. The molecule has 0 saturated carbocycles. The molecule has 0 atom stereocenters. The number of nitrogens with zero attached hydrogens (tertiary/aromatic N) is 2. The molecule has 0 radical (unpaired) electrons.